The molecule has 2 heterocycles. The summed E-state index contributed by atoms with van der Waals surface area (Å²) in [5, 5.41) is 10.5. The molecule has 0 unspecified atom stereocenters. The van der Waals surface area contributed by atoms with Gasteiger partial charge in [0.15, 0.2) is 8.07 Å². The Hall–Kier alpha value is -5.94. The predicted octanol–water partition coefficient (Wildman–Crippen LogP) is 10.0. The molecule has 2 aromatic heterocycles. The van der Waals surface area contributed by atoms with E-state index in [9.17, 15) is 0 Å². The molecule has 0 spiro atoms. The molecule has 0 aliphatic carbocycles. The van der Waals surface area contributed by atoms with Gasteiger partial charge >= 0.3 is 0 Å². The summed E-state index contributed by atoms with van der Waals surface area (Å²) in [7, 11) is -2.70. The van der Waals surface area contributed by atoms with Crippen molar-refractivity contribution in [2.24, 2.45) is 0 Å². The highest BCUT2D eigenvalue weighted by Crippen LogP contribution is 2.40. The third-order valence-corrected chi connectivity index (χ3v) is 16.1. The molecule has 4 heteroatoms. The molecule has 0 bridgehead atoms. The van der Waals surface area contributed by atoms with E-state index in [4.69, 9.17) is 0 Å². The molecular formula is C48H33BrN2Si. The third kappa shape index (κ3) is 4.61. The van der Waals surface area contributed by atoms with Crippen molar-refractivity contribution in [3.05, 3.63) is 205 Å². The van der Waals surface area contributed by atoms with Crippen LogP contribution >= 0.6 is 15.9 Å². The van der Waals surface area contributed by atoms with Crippen LogP contribution in [0.1, 0.15) is 0 Å². The molecule has 8 aromatic carbocycles. The Morgan fingerprint density at radius 2 is 0.788 bits per heavy atom. The number of aromatic nitrogens is 2. The topological polar surface area (TPSA) is 9.86 Å². The van der Waals surface area contributed by atoms with Gasteiger partial charge in [0.2, 0.25) is 0 Å². The van der Waals surface area contributed by atoms with E-state index in [1.54, 1.807) is 0 Å². The van der Waals surface area contributed by atoms with Gasteiger partial charge in [-0.25, -0.2) is 0 Å². The highest BCUT2D eigenvalue weighted by molar-refractivity contribution is 9.10. The summed E-state index contributed by atoms with van der Waals surface area (Å²) in [6.07, 6.45) is 0. The van der Waals surface area contributed by atoms with Crippen molar-refractivity contribution in [1.29, 1.82) is 0 Å². The minimum Gasteiger partial charge on any atom is -0.309 e. The van der Waals surface area contributed by atoms with Crippen LogP contribution in [0, 0.1) is 0 Å². The molecule has 2 nitrogen and oxygen atoms in total. The second-order valence-electron chi connectivity index (χ2n) is 13.4. The lowest BCUT2D eigenvalue weighted by Crippen LogP contribution is -2.74. The molecule has 0 atom stereocenters. The highest BCUT2D eigenvalue weighted by atomic mass is 79.9. The van der Waals surface area contributed by atoms with Gasteiger partial charge in [-0.05, 0) is 79.1 Å². The van der Waals surface area contributed by atoms with Gasteiger partial charge in [0.05, 0.1) is 22.1 Å². The molecule has 0 aliphatic rings. The summed E-state index contributed by atoms with van der Waals surface area (Å²) in [6, 6.07) is 73.7. The first-order chi connectivity index (χ1) is 25.7. The summed E-state index contributed by atoms with van der Waals surface area (Å²) >= 11 is 4.07. The number of hydrogen-bond acceptors (Lipinski definition) is 0. The molecular weight excluding hydrogens is 713 g/mol. The van der Waals surface area contributed by atoms with Gasteiger partial charge in [-0.1, -0.05) is 158 Å². The average molecular weight is 746 g/mol. The highest BCUT2D eigenvalue weighted by Gasteiger charge is 2.41. The maximum absolute atomic E-state index is 4.07. The molecule has 0 amide bonds. The number of benzene rings is 8. The van der Waals surface area contributed by atoms with Crippen LogP contribution in [0.4, 0.5) is 0 Å². The molecule has 0 fully saturated rings. The summed E-state index contributed by atoms with van der Waals surface area (Å²) < 4.78 is 5.88. The maximum atomic E-state index is 4.07. The minimum atomic E-state index is -2.70. The molecule has 0 saturated heterocycles. The number of halogens is 1. The average Bonchev–Trinajstić information content (AvgIpc) is 3.73. The Balaban J connectivity index is 1.27. The quantitative estimate of drug-likeness (QED) is 0.119. The van der Waals surface area contributed by atoms with Crippen molar-refractivity contribution in [2.75, 3.05) is 0 Å². The second-order valence-corrected chi connectivity index (χ2v) is 18.1. The normalized spacial score (nSPS) is 11.9. The Labute approximate surface area is 312 Å². The molecule has 52 heavy (non-hydrogen) atoms. The molecule has 10 rings (SSSR count). The molecule has 0 aliphatic heterocycles. The van der Waals surface area contributed by atoms with E-state index in [0.717, 1.165) is 15.8 Å². The van der Waals surface area contributed by atoms with Gasteiger partial charge in [-0.15, -0.1) is 0 Å². The van der Waals surface area contributed by atoms with Gasteiger partial charge in [-0.2, -0.15) is 0 Å². The van der Waals surface area contributed by atoms with E-state index in [1.165, 1.54) is 64.4 Å². The second kappa shape index (κ2) is 12.4. The Morgan fingerprint density at radius 3 is 1.37 bits per heavy atom. The van der Waals surface area contributed by atoms with Crippen LogP contribution in [-0.4, -0.2) is 17.2 Å². The standard InChI is InChI=1S/C48H33BrN2Si/c49-44-32-35(31-43-41-26-14-16-28-46(41)51(48(43)44)34-17-5-1-6-18-34)50-45-27-15-13-25-40(45)42-33-39(29-30-47(42)50)52(36-19-7-2-8-20-36,37-21-9-3-10-22-37)38-23-11-4-12-24-38/h1-33H. The van der Waals surface area contributed by atoms with Crippen LogP contribution in [0.3, 0.4) is 0 Å². The smallest absolute Gasteiger partial charge is 0.179 e. The van der Waals surface area contributed by atoms with Gasteiger partial charge in [0, 0.05) is 37.4 Å². The van der Waals surface area contributed by atoms with E-state index in [0.29, 0.717) is 0 Å². The fraction of sp³-hybridized carbons (Fsp3) is 0. The molecule has 10 aromatic rings. The number of hydrogen-bond donors (Lipinski definition) is 0. The largest absolute Gasteiger partial charge is 0.309 e. The lowest BCUT2D eigenvalue weighted by Gasteiger charge is -2.34. The van der Waals surface area contributed by atoms with E-state index >= 15 is 0 Å². The van der Waals surface area contributed by atoms with E-state index < -0.39 is 8.07 Å². The van der Waals surface area contributed by atoms with Crippen molar-refractivity contribution in [2.45, 2.75) is 0 Å². The number of para-hydroxylation sites is 3. The zero-order valence-corrected chi connectivity index (χ0v) is 30.9. The first-order valence-electron chi connectivity index (χ1n) is 17.7. The SMILES string of the molecule is Brc1cc(-n2c3ccccc3c3cc([Si](c4ccccc4)(c4ccccc4)c4ccccc4)ccc32)cc2c3ccccc3n(-c3ccccc3)c12. The van der Waals surface area contributed by atoms with Crippen molar-refractivity contribution < 1.29 is 0 Å². The van der Waals surface area contributed by atoms with Crippen LogP contribution in [-0.2, 0) is 0 Å². The summed E-state index contributed by atoms with van der Waals surface area (Å²) in [4.78, 5) is 0. The minimum absolute atomic E-state index is 1.06. The molecule has 0 saturated carbocycles. The Bertz CT molecular complexity index is 2800. The monoisotopic (exact) mass is 744 g/mol. The van der Waals surface area contributed by atoms with Crippen molar-refractivity contribution in [1.82, 2.24) is 9.13 Å². The molecule has 246 valence electrons. The molecule has 0 N–H and O–H groups in total. The Morgan fingerprint density at radius 1 is 0.327 bits per heavy atom. The van der Waals surface area contributed by atoms with E-state index in [2.05, 4.69) is 225 Å². The van der Waals surface area contributed by atoms with Crippen molar-refractivity contribution in [3.8, 4) is 11.4 Å². The number of fused-ring (bicyclic) bond motifs is 6. The van der Waals surface area contributed by atoms with Gasteiger partial charge in [-0.3, -0.25) is 0 Å². The van der Waals surface area contributed by atoms with Crippen LogP contribution < -0.4 is 20.7 Å². The first kappa shape index (κ1) is 30.8. The van der Waals surface area contributed by atoms with Gasteiger partial charge < -0.3 is 9.13 Å². The van der Waals surface area contributed by atoms with Gasteiger partial charge in [0.25, 0.3) is 0 Å². The van der Waals surface area contributed by atoms with Crippen LogP contribution in [0.15, 0.2) is 205 Å². The molecule has 0 radical (unpaired) electrons. The zero-order valence-electron chi connectivity index (χ0n) is 28.3. The summed E-state index contributed by atoms with van der Waals surface area (Å²) in [6.45, 7) is 0. The third-order valence-electron chi connectivity index (χ3n) is 10.7. The van der Waals surface area contributed by atoms with E-state index in [-0.39, 0.29) is 0 Å². The number of rotatable bonds is 6. The van der Waals surface area contributed by atoms with Crippen LogP contribution in [0.2, 0.25) is 0 Å². The summed E-state index contributed by atoms with van der Waals surface area (Å²) in [5.41, 5.74) is 7.03. The van der Waals surface area contributed by atoms with E-state index in [1.807, 2.05) is 0 Å². The lowest BCUT2D eigenvalue weighted by molar-refractivity contribution is 1.16. The maximum Gasteiger partial charge on any atom is 0.179 e. The fourth-order valence-corrected chi connectivity index (χ4v) is 14.0. The van der Waals surface area contributed by atoms with Crippen LogP contribution in [0.5, 0.6) is 0 Å². The van der Waals surface area contributed by atoms with Crippen LogP contribution in [0.25, 0.3) is 55.0 Å². The zero-order chi connectivity index (χ0) is 34.6. The predicted molar refractivity (Wildman–Crippen MR) is 226 cm³/mol. The van der Waals surface area contributed by atoms with Crippen molar-refractivity contribution in [3.63, 3.8) is 0 Å². The lowest BCUT2D eigenvalue weighted by atomic mass is 10.1. The first-order valence-corrected chi connectivity index (χ1v) is 20.5. The number of nitrogens with zero attached hydrogens (tertiary/aromatic N) is 2. The van der Waals surface area contributed by atoms with Gasteiger partial charge in [0.1, 0.15) is 0 Å². The summed E-state index contributed by atoms with van der Waals surface area (Å²) in [5.74, 6) is 0. The Kier molecular flexibility index (Phi) is 7.34. The van der Waals surface area contributed by atoms with Crippen molar-refractivity contribution >= 4 is 88.4 Å². The fourth-order valence-electron chi connectivity index (χ4n) is 8.56.